The summed E-state index contributed by atoms with van der Waals surface area (Å²) in [5.74, 6) is 0.748. The summed E-state index contributed by atoms with van der Waals surface area (Å²) >= 11 is 0. The minimum absolute atomic E-state index is 0.748. The third-order valence-corrected chi connectivity index (χ3v) is 1.59. The van der Waals surface area contributed by atoms with Crippen molar-refractivity contribution in [2.75, 3.05) is 0 Å². The summed E-state index contributed by atoms with van der Waals surface area (Å²) in [6.45, 7) is 4.49. The van der Waals surface area contributed by atoms with Gasteiger partial charge in [0.25, 0.3) is 0 Å². The maximum Gasteiger partial charge on any atom is -0.0132 e. The molecule has 0 heterocycles. The molecule has 0 N–H and O–H groups in total. The molecule has 0 spiro atoms. The van der Waals surface area contributed by atoms with Gasteiger partial charge in [0, 0.05) is 0 Å². The molecule has 0 aromatic heterocycles. The lowest BCUT2D eigenvalue weighted by atomic mass is 10.0. The number of rotatable bonds is 1. The lowest BCUT2D eigenvalue weighted by molar-refractivity contribution is 0.779. The van der Waals surface area contributed by atoms with Crippen LogP contribution in [0.25, 0.3) is 0 Å². The van der Waals surface area contributed by atoms with Gasteiger partial charge in [0.2, 0.25) is 0 Å². The zero-order valence-electron chi connectivity index (χ0n) is 5.65. The fourth-order valence-corrected chi connectivity index (χ4v) is 1.05. The topological polar surface area (TPSA) is 0 Å². The van der Waals surface area contributed by atoms with Crippen molar-refractivity contribution in [1.29, 1.82) is 0 Å². The average molecular weight is 109 g/mol. The van der Waals surface area contributed by atoms with Crippen molar-refractivity contribution < 1.29 is 0 Å². The first-order chi connectivity index (χ1) is 3.80. The van der Waals surface area contributed by atoms with Crippen molar-refractivity contribution in [2.24, 2.45) is 5.92 Å². The van der Waals surface area contributed by atoms with Crippen LogP contribution in [-0.4, -0.2) is 0 Å². The second-order valence-electron chi connectivity index (χ2n) is 2.64. The normalized spacial score (nSPS) is 19.6. The fourth-order valence-electron chi connectivity index (χ4n) is 1.05. The second kappa shape index (κ2) is 2.34. The Balaban J connectivity index is 2.45. The highest BCUT2D eigenvalue weighted by molar-refractivity contribution is 5.20. The van der Waals surface area contributed by atoms with E-state index in [-0.39, 0.29) is 0 Å². The van der Waals surface area contributed by atoms with Gasteiger partial charge in [0.15, 0.2) is 0 Å². The van der Waals surface area contributed by atoms with E-state index in [1.807, 2.05) is 0 Å². The molecule has 0 aliphatic heterocycles. The monoisotopic (exact) mass is 109 g/mol. The molecule has 0 aromatic carbocycles. The second-order valence-corrected chi connectivity index (χ2v) is 2.64. The molecule has 0 unspecified atom stereocenters. The van der Waals surface area contributed by atoms with Crippen molar-refractivity contribution in [3.63, 3.8) is 0 Å². The first-order valence-electron chi connectivity index (χ1n) is 3.34. The van der Waals surface area contributed by atoms with Gasteiger partial charge in [-0.3, -0.25) is 0 Å². The van der Waals surface area contributed by atoms with E-state index in [0.717, 1.165) is 5.92 Å². The van der Waals surface area contributed by atoms with Gasteiger partial charge in [-0.05, 0) is 25.2 Å². The fraction of sp³-hybridized carbons (Fsp3) is 0.625. The summed E-state index contributed by atoms with van der Waals surface area (Å²) in [4.78, 5) is 0. The molecule has 0 nitrogen and oxygen atoms in total. The highest BCUT2D eigenvalue weighted by atomic mass is 14.1. The summed E-state index contributed by atoms with van der Waals surface area (Å²) in [5, 5.41) is 0. The highest BCUT2D eigenvalue weighted by Gasteiger charge is 2.06. The molecule has 1 rings (SSSR count). The van der Waals surface area contributed by atoms with Gasteiger partial charge in [-0.25, -0.2) is 0 Å². The molecule has 0 aromatic rings. The van der Waals surface area contributed by atoms with E-state index in [1.54, 1.807) is 5.57 Å². The van der Waals surface area contributed by atoms with Crippen molar-refractivity contribution in [2.45, 2.75) is 26.7 Å². The molecule has 0 bridgehead atoms. The number of allylic oxidation sites excluding steroid dienone is 2. The lowest BCUT2D eigenvalue weighted by Crippen LogP contribution is -1.88. The summed E-state index contributed by atoms with van der Waals surface area (Å²) in [5.41, 5.74) is 1.55. The maximum absolute atomic E-state index is 2.34. The summed E-state index contributed by atoms with van der Waals surface area (Å²) in [7, 11) is 0. The Morgan fingerprint density at radius 2 is 2.12 bits per heavy atom. The van der Waals surface area contributed by atoms with Crippen molar-refractivity contribution in [1.82, 2.24) is 0 Å². The molecular weight excluding hydrogens is 96.1 g/mol. The molecule has 45 valence electrons. The summed E-state index contributed by atoms with van der Waals surface area (Å²) in [6, 6.07) is 0. The zero-order chi connectivity index (χ0) is 5.98. The minimum Gasteiger partial charge on any atom is -0.0847 e. The molecule has 8 heavy (non-hydrogen) atoms. The third kappa shape index (κ3) is 1.12. The number of hydrogen-bond acceptors (Lipinski definition) is 0. The van der Waals surface area contributed by atoms with Crippen LogP contribution >= 0.6 is 0 Å². The van der Waals surface area contributed by atoms with Gasteiger partial charge >= 0.3 is 0 Å². The molecule has 0 amide bonds. The molecule has 0 fully saturated rings. The smallest absolute Gasteiger partial charge is 0.0132 e. The van der Waals surface area contributed by atoms with Crippen LogP contribution in [0.15, 0.2) is 11.6 Å². The Bertz CT molecular complexity index is 98.6. The van der Waals surface area contributed by atoms with Crippen LogP contribution in [0.4, 0.5) is 0 Å². The van der Waals surface area contributed by atoms with Crippen LogP contribution in [0.2, 0.25) is 0 Å². The molecule has 0 saturated heterocycles. The van der Waals surface area contributed by atoms with Crippen molar-refractivity contribution >= 4 is 0 Å². The Kier molecular flexibility index (Phi) is 1.72. The molecule has 1 aliphatic rings. The van der Waals surface area contributed by atoms with E-state index in [0.29, 0.717) is 0 Å². The predicted molar refractivity (Wildman–Crippen MR) is 36.5 cm³/mol. The SMILES string of the molecule is CC(C)C1=CCC[CH]1. The van der Waals surface area contributed by atoms with Crippen molar-refractivity contribution in [3.8, 4) is 0 Å². The van der Waals surface area contributed by atoms with Gasteiger partial charge in [0.05, 0.1) is 0 Å². The van der Waals surface area contributed by atoms with E-state index in [2.05, 4.69) is 26.3 Å². The van der Waals surface area contributed by atoms with Crippen LogP contribution < -0.4 is 0 Å². The lowest BCUT2D eigenvalue weighted by Gasteiger charge is -2.02. The first kappa shape index (κ1) is 5.87. The van der Waals surface area contributed by atoms with E-state index in [9.17, 15) is 0 Å². The molecule has 1 radical (unpaired) electrons. The van der Waals surface area contributed by atoms with Gasteiger partial charge in [0.1, 0.15) is 0 Å². The summed E-state index contributed by atoms with van der Waals surface area (Å²) < 4.78 is 0. The molecule has 0 saturated carbocycles. The molecule has 1 aliphatic carbocycles. The quantitative estimate of drug-likeness (QED) is 0.485. The Morgan fingerprint density at radius 3 is 2.38 bits per heavy atom. The standard InChI is InChI=1S/C8H13/c1-7(2)8-5-3-4-6-8/h5-7H,3-4H2,1-2H3. The van der Waals surface area contributed by atoms with Gasteiger partial charge in [-0.15, -0.1) is 0 Å². The van der Waals surface area contributed by atoms with E-state index < -0.39 is 0 Å². The van der Waals surface area contributed by atoms with Crippen LogP contribution in [0, 0.1) is 12.3 Å². The van der Waals surface area contributed by atoms with Crippen LogP contribution in [-0.2, 0) is 0 Å². The van der Waals surface area contributed by atoms with Crippen LogP contribution in [0.1, 0.15) is 26.7 Å². The van der Waals surface area contributed by atoms with E-state index in [4.69, 9.17) is 0 Å². The molecular formula is C8H13. The summed E-state index contributed by atoms with van der Waals surface area (Å²) in [6.07, 6.45) is 7.22. The highest BCUT2D eigenvalue weighted by Crippen LogP contribution is 2.22. The van der Waals surface area contributed by atoms with Gasteiger partial charge < -0.3 is 0 Å². The van der Waals surface area contributed by atoms with Gasteiger partial charge in [-0.1, -0.05) is 25.5 Å². The van der Waals surface area contributed by atoms with Crippen LogP contribution in [0.3, 0.4) is 0 Å². The largest absolute Gasteiger partial charge is 0.0847 e. The van der Waals surface area contributed by atoms with E-state index >= 15 is 0 Å². The Hall–Kier alpha value is -0.260. The minimum atomic E-state index is 0.748. The van der Waals surface area contributed by atoms with Gasteiger partial charge in [-0.2, -0.15) is 0 Å². The Morgan fingerprint density at radius 1 is 1.38 bits per heavy atom. The molecule has 0 heteroatoms. The Labute approximate surface area is 51.6 Å². The van der Waals surface area contributed by atoms with Crippen molar-refractivity contribution in [3.05, 3.63) is 18.1 Å². The first-order valence-corrected chi connectivity index (χ1v) is 3.34. The zero-order valence-corrected chi connectivity index (χ0v) is 5.65. The van der Waals surface area contributed by atoms with E-state index in [1.165, 1.54) is 12.8 Å². The molecule has 0 atom stereocenters. The van der Waals surface area contributed by atoms with Crippen LogP contribution in [0.5, 0.6) is 0 Å². The maximum atomic E-state index is 2.34. The number of hydrogen-bond donors (Lipinski definition) is 0. The average Bonchev–Trinajstić information content (AvgIpc) is 2.12. The predicted octanol–water partition coefficient (Wildman–Crippen LogP) is 2.57. The third-order valence-electron chi connectivity index (χ3n) is 1.59.